The molecule has 1 aliphatic heterocycles. The van der Waals surface area contributed by atoms with Gasteiger partial charge in [0.1, 0.15) is 12.7 Å². The molecule has 5 nitrogen and oxygen atoms in total. The number of ether oxygens (including phenoxy) is 3. The van der Waals surface area contributed by atoms with Gasteiger partial charge in [0.25, 0.3) is 0 Å². The molecule has 1 saturated heterocycles. The van der Waals surface area contributed by atoms with E-state index in [1.165, 1.54) is 14.0 Å². The average molecular weight is 204 g/mol. The Morgan fingerprint density at radius 3 is 2.79 bits per heavy atom. The van der Waals surface area contributed by atoms with Gasteiger partial charge in [-0.2, -0.15) is 0 Å². The molecule has 1 heterocycles. The number of esters is 1. The first-order valence-electron chi connectivity index (χ1n) is 4.63. The molecule has 0 aromatic carbocycles. The summed E-state index contributed by atoms with van der Waals surface area (Å²) in [5, 5.41) is 9.42. The Morgan fingerprint density at radius 2 is 2.29 bits per heavy atom. The Labute approximate surface area is 82.9 Å². The molecule has 3 atom stereocenters. The summed E-state index contributed by atoms with van der Waals surface area (Å²) in [5.41, 5.74) is 0. The lowest BCUT2D eigenvalue weighted by atomic mass is 10.1. The zero-order valence-corrected chi connectivity index (χ0v) is 8.43. The van der Waals surface area contributed by atoms with Crippen molar-refractivity contribution in [3.05, 3.63) is 0 Å². The van der Waals surface area contributed by atoms with E-state index in [4.69, 9.17) is 14.2 Å². The van der Waals surface area contributed by atoms with Crippen molar-refractivity contribution < 1.29 is 24.1 Å². The maximum absolute atomic E-state index is 10.5. The predicted molar refractivity (Wildman–Crippen MR) is 47.5 cm³/mol. The fourth-order valence-electron chi connectivity index (χ4n) is 1.41. The van der Waals surface area contributed by atoms with E-state index in [2.05, 4.69) is 0 Å². The SMILES string of the molecule is CO[C@@H]1CC[C@@H](COC(C)=O)O[C@@H]1O. The van der Waals surface area contributed by atoms with Crippen LogP contribution in [0.3, 0.4) is 0 Å². The first kappa shape index (κ1) is 11.4. The van der Waals surface area contributed by atoms with Crippen LogP contribution in [0.15, 0.2) is 0 Å². The van der Waals surface area contributed by atoms with E-state index in [1.807, 2.05) is 0 Å². The zero-order chi connectivity index (χ0) is 10.6. The molecule has 14 heavy (non-hydrogen) atoms. The molecule has 1 rings (SSSR count). The molecule has 1 fully saturated rings. The van der Waals surface area contributed by atoms with Crippen LogP contribution < -0.4 is 0 Å². The van der Waals surface area contributed by atoms with Gasteiger partial charge in [0, 0.05) is 14.0 Å². The van der Waals surface area contributed by atoms with Gasteiger partial charge in [-0.3, -0.25) is 4.79 Å². The molecule has 0 aromatic heterocycles. The second-order valence-electron chi connectivity index (χ2n) is 3.30. The van der Waals surface area contributed by atoms with E-state index in [0.717, 1.165) is 6.42 Å². The van der Waals surface area contributed by atoms with Crippen LogP contribution in [0.4, 0.5) is 0 Å². The van der Waals surface area contributed by atoms with Gasteiger partial charge in [-0.15, -0.1) is 0 Å². The van der Waals surface area contributed by atoms with Crippen molar-refractivity contribution in [2.45, 2.75) is 38.3 Å². The summed E-state index contributed by atoms with van der Waals surface area (Å²) >= 11 is 0. The Kier molecular flexibility index (Phi) is 4.31. The van der Waals surface area contributed by atoms with Crippen LogP contribution in [0, 0.1) is 0 Å². The molecular formula is C9H16O5. The van der Waals surface area contributed by atoms with Crippen molar-refractivity contribution >= 4 is 5.97 Å². The lowest BCUT2D eigenvalue weighted by Crippen LogP contribution is -2.41. The fraction of sp³-hybridized carbons (Fsp3) is 0.889. The first-order valence-corrected chi connectivity index (χ1v) is 4.63. The highest BCUT2D eigenvalue weighted by molar-refractivity contribution is 5.65. The second kappa shape index (κ2) is 5.29. The molecule has 82 valence electrons. The molecule has 0 amide bonds. The molecule has 5 heteroatoms. The van der Waals surface area contributed by atoms with Crippen LogP contribution in [0.5, 0.6) is 0 Å². The van der Waals surface area contributed by atoms with Crippen LogP contribution in [-0.2, 0) is 19.0 Å². The third kappa shape index (κ3) is 3.25. The largest absolute Gasteiger partial charge is 0.463 e. The highest BCUT2D eigenvalue weighted by atomic mass is 16.6. The summed E-state index contributed by atoms with van der Waals surface area (Å²) in [6.07, 6.45) is 0.0186. The summed E-state index contributed by atoms with van der Waals surface area (Å²) in [6, 6.07) is 0. The molecule has 1 aliphatic rings. The number of methoxy groups -OCH3 is 1. The molecule has 0 bridgehead atoms. The highest BCUT2D eigenvalue weighted by Gasteiger charge is 2.30. The van der Waals surface area contributed by atoms with Gasteiger partial charge in [0.2, 0.25) is 0 Å². The van der Waals surface area contributed by atoms with E-state index in [0.29, 0.717) is 6.42 Å². The van der Waals surface area contributed by atoms with Crippen LogP contribution >= 0.6 is 0 Å². The summed E-state index contributed by atoms with van der Waals surface area (Å²) in [6.45, 7) is 1.54. The Morgan fingerprint density at radius 1 is 1.57 bits per heavy atom. The van der Waals surface area contributed by atoms with E-state index in [-0.39, 0.29) is 24.8 Å². The van der Waals surface area contributed by atoms with Crippen molar-refractivity contribution in [3.63, 3.8) is 0 Å². The van der Waals surface area contributed by atoms with Crippen molar-refractivity contribution in [1.82, 2.24) is 0 Å². The maximum atomic E-state index is 10.5. The third-order valence-electron chi connectivity index (χ3n) is 2.20. The smallest absolute Gasteiger partial charge is 0.302 e. The monoisotopic (exact) mass is 204 g/mol. The minimum absolute atomic E-state index is 0.197. The van der Waals surface area contributed by atoms with Gasteiger partial charge in [-0.1, -0.05) is 0 Å². The van der Waals surface area contributed by atoms with Crippen molar-refractivity contribution in [2.24, 2.45) is 0 Å². The number of rotatable bonds is 3. The fourth-order valence-corrected chi connectivity index (χ4v) is 1.41. The minimum Gasteiger partial charge on any atom is -0.463 e. The number of hydrogen-bond donors (Lipinski definition) is 1. The highest BCUT2D eigenvalue weighted by Crippen LogP contribution is 2.20. The summed E-state index contributed by atoms with van der Waals surface area (Å²) < 4.78 is 15.0. The normalized spacial score (nSPS) is 32.6. The topological polar surface area (TPSA) is 65.0 Å². The van der Waals surface area contributed by atoms with E-state index in [9.17, 15) is 9.90 Å². The van der Waals surface area contributed by atoms with Crippen LogP contribution in [-0.4, -0.2) is 43.3 Å². The quantitative estimate of drug-likeness (QED) is 0.659. The molecule has 0 saturated carbocycles. The minimum atomic E-state index is -0.922. The Hall–Kier alpha value is -0.650. The van der Waals surface area contributed by atoms with Gasteiger partial charge in [0.05, 0.1) is 6.10 Å². The predicted octanol–water partition coefficient (Wildman–Crippen LogP) is 0.0619. The third-order valence-corrected chi connectivity index (χ3v) is 2.20. The average Bonchev–Trinajstić information content (AvgIpc) is 2.15. The molecule has 0 aliphatic carbocycles. The van der Waals surface area contributed by atoms with Crippen molar-refractivity contribution in [2.75, 3.05) is 13.7 Å². The van der Waals surface area contributed by atoms with E-state index in [1.54, 1.807) is 0 Å². The number of aliphatic hydroxyl groups excluding tert-OH is 1. The maximum Gasteiger partial charge on any atom is 0.302 e. The molecule has 0 spiro atoms. The van der Waals surface area contributed by atoms with Crippen LogP contribution in [0.25, 0.3) is 0 Å². The van der Waals surface area contributed by atoms with Crippen molar-refractivity contribution in [3.8, 4) is 0 Å². The van der Waals surface area contributed by atoms with Gasteiger partial charge in [-0.25, -0.2) is 0 Å². The van der Waals surface area contributed by atoms with E-state index < -0.39 is 6.29 Å². The van der Waals surface area contributed by atoms with Crippen molar-refractivity contribution in [1.29, 1.82) is 0 Å². The number of hydrogen-bond acceptors (Lipinski definition) is 5. The zero-order valence-electron chi connectivity index (χ0n) is 8.43. The number of aliphatic hydroxyl groups is 1. The van der Waals surface area contributed by atoms with Gasteiger partial charge in [-0.05, 0) is 12.8 Å². The van der Waals surface area contributed by atoms with Gasteiger partial charge in [0.15, 0.2) is 6.29 Å². The summed E-state index contributed by atoms with van der Waals surface area (Å²) in [5.74, 6) is -0.336. The Balaban J connectivity index is 2.27. The Bertz CT molecular complexity index is 194. The van der Waals surface area contributed by atoms with Crippen LogP contribution in [0.1, 0.15) is 19.8 Å². The van der Waals surface area contributed by atoms with E-state index >= 15 is 0 Å². The lowest BCUT2D eigenvalue weighted by molar-refractivity contribution is -0.230. The molecule has 0 unspecified atom stereocenters. The molecule has 0 aromatic rings. The number of carbonyl (C=O) groups excluding carboxylic acids is 1. The lowest BCUT2D eigenvalue weighted by Gasteiger charge is -2.32. The number of carbonyl (C=O) groups is 1. The van der Waals surface area contributed by atoms with Gasteiger partial charge < -0.3 is 19.3 Å². The molecule has 1 N–H and O–H groups in total. The van der Waals surface area contributed by atoms with Gasteiger partial charge >= 0.3 is 5.97 Å². The second-order valence-corrected chi connectivity index (χ2v) is 3.30. The van der Waals surface area contributed by atoms with Crippen LogP contribution in [0.2, 0.25) is 0 Å². The standard InChI is InChI=1S/C9H16O5/c1-6(10)13-5-7-3-4-8(12-2)9(11)14-7/h7-9,11H,3-5H2,1-2H3/t7-,8+,9-/m0/s1. The first-order chi connectivity index (χ1) is 6.63. The molecular weight excluding hydrogens is 188 g/mol. The summed E-state index contributed by atoms with van der Waals surface area (Å²) in [7, 11) is 1.53. The molecule has 0 radical (unpaired) electrons. The summed E-state index contributed by atoms with van der Waals surface area (Å²) in [4.78, 5) is 10.5.